The second kappa shape index (κ2) is 6.04. The third-order valence-corrected chi connectivity index (χ3v) is 3.11. The van der Waals surface area contributed by atoms with Crippen molar-refractivity contribution in [3.8, 4) is 0 Å². The van der Waals surface area contributed by atoms with Gasteiger partial charge in [0.05, 0.1) is 5.69 Å². The van der Waals surface area contributed by atoms with E-state index in [4.69, 9.17) is 0 Å². The number of urea groups is 1. The third kappa shape index (κ3) is 3.17. The van der Waals surface area contributed by atoms with E-state index in [0.717, 1.165) is 6.42 Å². The summed E-state index contributed by atoms with van der Waals surface area (Å²) >= 11 is 0. The first kappa shape index (κ1) is 13.1. The van der Waals surface area contributed by atoms with Gasteiger partial charge in [0.15, 0.2) is 5.65 Å². The molecular weight excluding hydrogens is 266 g/mol. The van der Waals surface area contributed by atoms with Gasteiger partial charge in [-0.05, 0) is 24.1 Å². The Hall–Kier alpha value is -2.89. The highest BCUT2D eigenvalue weighted by Crippen LogP contribution is 2.12. The lowest BCUT2D eigenvalue weighted by Crippen LogP contribution is -2.30. The molecule has 1 aromatic carbocycles. The highest BCUT2D eigenvalue weighted by atomic mass is 16.2. The number of nitrogens with zero attached hydrogens (tertiary/aromatic N) is 3. The van der Waals surface area contributed by atoms with Crippen LogP contribution in [0, 0.1) is 0 Å². The van der Waals surface area contributed by atoms with Gasteiger partial charge in [-0.1, -0.05) is 30.3 Å². The summed E-state index contributed by atoms with van der Waals surface area (Å²) in [5.74, 6) is 0. The van der Waals surface area contributed by atoms with Crippen LogP contribution >= 0.6 is 0 Å². The van der Waals surface area contributed by atoms with Gasteiger partial charge in [-0.3, -0.25) is 4.40 Å². The molecule has 0 saturated carbocycles. The fourth-order valence-corrected chi connectivity index (χ4v) is 2.08. The van der Waals surface area contributed by atoms with E-state index in [2.05, 4.69) is 20.8 Å². The lowest BCUT2D eigenvalue weighted by molar-refractivity contribution is 0.252. The highest BCUT2D eigenvalue weighted by molar-refractivity contribution is 5.92. The monoisotopic (exact) mass is 281 g/mol. The van der Waals surface area contributed by atoms with Crippen molar-refractivity contribution in [3.63, 3.8) is 0 Å². The molecule has 3 aromatic rings. The first-order valence-electron chi connectivity index (χ1n) is 6.70. The van der Waals surface area contributed by atoms with Crippen molar-refractivity contribution in [1.82, 2.24) is 19.9 Å². The Labute approximate surface area is 121 Å². The fraction of sp³-hybridized carbons (Fsp3) is 0.133. The van der Waals surface area contributed by atoms with Crippen LogP contribution in [0.3, 0.4) is 0 Å². The lowest BCUT2D eigenvalue weighted by atomic mass is 10.1. The molecule has 0 fully saturated rings. The third-order valence-electron chi connectivity index (χ3n) is 3.11. The summed E-state index contributed by atoms with van der Waals surface area (Å²) in [6.07, 6.45) is 4.21. The second-order valence-corrected chi connectivity index (χ2v) is 4.60. The summed E-state index contributed by atoms with van der Waals surface area (Å²) in [6, 6.07) is 13.4. The number of nitrogens with one attached hydrogen (secondary N) is 2. The summed E-state index contributed by atoms with van der Waals surface area (Å²) < 4.78 is 1.75. The number of rotatable bonds is 4. The summed E-state index contributed by atoms with van der Waals surface area (Å²) in [5, 5.41) is 13.4. The quantitative estimate of drug-likeness (QED) is 0.769. The van der Waals surface area contributed by atoms with Gasteiger partial charge >= 0.3 is 6.03 Å². The molecule has 0 radical (unpaired) electrons. The summed E-state index contributed by atoms with van der Waals surface area (Å²) in [6.45, 7) is 0.575. The van der Waals surface area contributed by atoms with Gasteiger partial charge < -0.3 is 10.6 Å². The van der Waals surface area contributed by atoms with E-state index in [1.54, 1.807) is 16.8 Å². The molecule has 0 spiro atoms. The van der Waals surface area contributed by atoms with Crippen LogP contribution in [0.25, 0.3) is 5.65 Å². The lowest BCUT2D eigenvalue weighted by Gasteiger charge is -2.08. The standard InChI is InChI=1S/C15H15N5O/c21-15(16-9-8-12-5-2-1-3-6-12)18-13-7-4-10-20-11-17-19-14(13)20/h1-7,10-11H,8-9H2,(H2,16,18,21). The van der Waals surface area contributed by atoms with E-state index < -0.39 is 0 Å². The Morgan fingerprint density at radius 1 is 1.14 bits per heavy atom. The number of hydrogen-bond donors (Lipinski definition) is 2. The summed E-state index contributed by atoms with van der Waals surface area (Å²) in [7, 11) is 0. The van der Waals surface area contributed by atoms with Crippen molar-refractivity contribution in [2.75, 3.05) is 11.9 Å². The Bertz CT molecular complexity index is 738. The average Bonchev–Trinajstić information content (AvgIpc) is 2.98. The largest absolute Gasteiger partial charge is 0.338 e. The smallest absolute Gasteiger partial charge is 0.319 e. The number of carbonyl (C=O) groups is 1. The van der Waals surface area contributed by atoms with Gasteiger partial charge in [0.1, 0.15) is 6.33 Å². The molecule has 6 heteroatoms. The average molecular weight is 281 g/mol. The predicted molar refractivity (Wildman–Crippen MR) is 80.2 cm³/mol. The molecular formula is C15H15N5O. The van der Waals surface area contributed by atoms with Crippen molar-refractivity contribution >= 4 is 17.4 Å². The molecule has 0 bridgehead atoms. The fourth-order valence-electron chi connectivity index (χ4n) is 2.08. The molecule has 0 unspecified atom stereocenters. The first-order valence-corrected chi connectivity index (χ1v) is 6.70. The summed E-state index contributed by atoms with van der Waals surface area (Å²) in [5.41, 5.74) is 2.44. The minimum Gasteiger partial charge on any atom is -0.338 e. The van der Waals surface area contributed by atoms with Crippen LogP contribution in [0.1, 0.15) is 5.56 Å². The van der Waals surface area contributed by atoms with Crippen molar-refractivity contribution < 1.29 is 4.79 Å². The molecule has 3 rings (SSSR count). The van der Waals surface area contributed by atoms with Crippen molar-refractivity contribution in [3.05, 3.63) is 60.6 Å². The van der Waals surface area contributed by atoms with Crippen LogP contribution in [-0.4, -0.2) is 27.2 Å². The SMILES string of the molecule is O=C(NCCc1ccccc1)Nc1cccn2cnnc12. The van der Waals surface area contributed by atoms with E-state index in [1.807, 2.05) is 42.6 Å². The van der Waals surface area contributed by atoms with Crippen LogP contribution in [-0.2, 0) is 6.42 Å². The molecule has 21 heavy (non-hydrogen) atoms. The first-order chi connectivity index (χ1) is 10.3. The van der Waals surface area contributed by atoms with E-state index in [1.165, 1.54) is 5.56 Å². The molecule has 0 aliphatic rings. The van der Waals surface area contributed by atoms with Gasteiger partial charge in [0.25, 0.3) is 0 Å². The van der Waals surface area contributed by atoms with Crippen LogP contribution in [0.15, 0.2) is 55.0 Å². The molecule has 6 nitrogen and oxygen atoms in total. The van der Waals surface area contributed by atoms with Crippen LogP contribution in [0.4, 0.5) is 10.5 Å². The predicted octanol–water partition coefficient (Wildman–Crippen LogP) is 2.09. The molecule has 0 aliphatic heterocycles. The molecule has 2 heterocycles. The number of pyridine rings is 1. The number of carbonyl (C=O) groups excluding carboxylic acids is 1. The topological polar surface area (TPSA) is 71.3 Å². The normalized spacial score (nSPS) is 10.5. The maximum absolute atomic E-state index is 11.9. The molecule has 106 valence electrons. The van der Waals surface area contributed by atoms with E-state index in [9.17, 15) is 4.79 Å². The number of aromatic nitrogens is 3. The van der Waals surface area contributed by atoms with Crippen LogP contribution in [0.2, 0.25) is 0 Å². The molecule has 0 atom stereocenters. The zero-order valence-electron chi connectivity index (χ0n) is 11.4. The van der Waals surface area contributed by atoms with Gasteiger partial charge in [-0.2, -0.15) is 0 Å². The van der Waals surface area contributed by atoms with E-state index in [0.29, 0.717) is 17.9 Å². The Balaban J connectivity index is 1.56. The van der Waals surface area contributed by atoms with E-state index >= 15 is 0 Å². The molecule has 2 N–H and O–H groups in total. The number of hydrogen-bond acceptors (Lipinski definition) is 3. The van der Waals surface area contributed by atoms with Crippen LogP contribution < -0.4 is 10.6 Å². The Morgan fingerprint density at radius 2 is 2.00 bits per heavy atom. The van der Waals surface area contributed by atoms with Crippen molar-refractivity contribution in [2.24, 2.45) is 0 Å². The molecule has 2 amide bonds. The number of amides is 2. The van der Waals surface area contributed by atoms with E-state index in [-0.39, 0.29) is 6.03 Å². The number of anilines is 1. The molecule has 0 aliphatic carbocycles. The number of fused-ring (bicyclic) bond motifs is 1. The molecule has 2 aromatic heterocycles. The van der Waals surface area contributed by atoms with Crippen molar-refractivity contribution in [2.45, 2.75) is 6.42 Å². The number of benzene rings is 1. The minimum atomic E-state index is -0.248. The van der Waals surface area contributed by atoms with Gasteiger partial charge in [-0.15, -0.1) is 10.2 Å². The van der Waals surface area contributed by atoms with Crippen LogP contribution in [0.5, 0.6) is 0 Å². The Morgan fingerprint density at radius 3 is 2.86 bits per heavy atom. The molecule has 0 saturated heterocycles. The summed E-state index contributed by atoms with van der Waals surface area (Å²) in [4.78, 5) is 11.9. The minimum absolute atomic E-state index is 0.248. The second-order valence-electron chi connectivity index (χ2n) is 4.60. The Kier molecular flexibility index (Phi) is 3.77. The van der Waals surface area contributed by atoms with Gasteiger partial charge in [0, 0.05) is 12.7 Å². The highest BCUT2D eigenvalue weighted by Gasteiger charge is 2.06. The van der Waals surface area contributed by atoms with Gasteiger partial charge in [0.2, 0.25) is 0 Å². The maximum Gasteiger partial charge on any atom is 0.319 e. The zero-order valence-corrected chi connectivity index (χ0v) is 11.4. The van der Waals surface area contributed by atoms with Crippen molar-refractivity contribution in [1.29, 1.82) is 0 Å². The maximum atomic E-state index is 11.9. The van der Waals surface area contributed by atoms with Gasteiger partial charge in [-0.25, -0.2) is 4.79 Å². The zero-order chi connectivity index (χ0) is 14.5.